The zero-order valence-electron chi connectivity index (χ0n) is 11.6. The van der Waals surface area contributed by atoms with Crippen molar-refractivity contribution in [2.24, 2.45) is 0 Å². The number of carbonyl (C=O) groups is 1. The first-order valence-corrected chi connectivity index (χ1v) is 7.08. The molecule has 2 rings (SSSR count). The molecule has 0 atom stereocenters. The minimum atomic E-state index is -0.198. The molecule has 2 heterocycles. The third-order valence-electron chi connectivity index (χ3n) is 2.80. The summed E-state index contributed by atoms with van der Waals surface area (Å²) < 4.78 is 0. The zero-order chi connectivity index (χ0) is 14.7. The fourth-order valence-corrected chi connectivity index (χ4v) is 2.46. The van der Waals surface area contributed by atoms with Crippen LogP contribution in [0.5, 0.6) is 0 Å². The van der Waals surface area contributed by atoms with E-state index in [9.17, 15) is 9.59 Å². The van der Waals surface area contributed by atoms with Gasteiger partial charge in [0.25, 0.3) is 5.56 Å². The highest BCUT2D eigenvalue weighted by atomic mass is 32.1. The van der Waals surface area contributed by atoms with E-state index in [-0.39, 0.29) is 17.9 Å². The minimum absolute atomic E-state index is 0.0982. The molecule has 0 saturated heterocycles. The van der Waals surface area contributed by atoms with Crippen molar-refractivity contribution in [3.8, 4) is 0 Å². The maximum atomic E-state index is 11.9. The lowest BCUT2D eigenvalue weighted by atomic mass is 10.2. The molecule has 2 N–H and O–H groups in total. The molecule has 6 nitrogen and oxygen atoms in total. The molecule has 0 spiro atoms. The summed E-state index contributed by atoms with van der Waals surface area (Å²) >= 11 is 1.51. The number of amides is 1. The molecule has 0 aliphatic heterocycles. The van der Waals surface area contributed by atoms with Crippen LogP contribution in [-0.4, -0.2) is 20.9 Å². The van der Waals surface area contributed by atoms with Crippen molar-refractivity contribution in [1.82, 2.24) is 20.3 Å². The molecule has 0 unspecified atom stereocenters. The first-order chi connectivity index (χ1) is 9.45. The van der Waals surface area contributed by atoms with Crippen molar-refractivity contribution in [1.29, 1.82) is 0 Å². The average molecular weight is 292 g/mol. The Morgan fingerprint density at radius 2 is 2.10 bits per heavy atom. The van der Waals surface area contributed by atoms with E-state index >= 15 is 0 Å². The molecular formula is C13H16N4O2S. The average Bonchev–Trinajstić information content (AvgIpc) is 2.79. The van der Waals surface area contributed by atoms with E-state index in [1.54, 1.807) is 13.8 Å². The largest absolute Gasteiger partial charge is 0.349 e. The zero-order valence-corrected chi connectivity index (χ0v) is 12.4. The van der Waals surface area contributed by atoms with Crippen molar-refractivity contribution >= 4 is 17.2 Å². The molecule has 0 fully saturated rings. The summed E-state index contributed by atoms with van der Waals surface area (Å²) in [6.45, 7) is 5.67. The van der Waals surface area contributed by atoms with Gasteiger partial charge in [-0.1, -0.05) is 0 Å². The summed E-state index contributed by atoms with van der Waals surface area (Å²) in [5.41, 5.74) is 1.74. The number of hydrogen-bond acceptors (Lipinski definition) is 5. The maximum absolute atomic E-state index is 11.9. The van der Waals surface area contributed by atoms with Gasteiger partial charge in [-0.2, -0.15) is 0 Å². The van der Waals surface area contributed by atoms with Gasteiger partial charge in [0, 0.05) is 16.6 Å². The van der Waals surface area contributed by atoms with Gasteiger partial charge in [0.2, 0.25) is 5.91 Å². The summed E-state index contributed by atoms with van der Waals surface area (Å²) in [6, 6.07) is 0. The van der Waals surface area contributed by atoms with Crippen LogP contribution in [0.4, 0.5) is 0 Å². The number of thiazole rings is 1. The van der Waals surface area contributed by atoms with Crippen LogP contribution in [0.25, 0.3) is 0 Å². The lowest BCUT2D eigenvalue weighted by Crippen LogP contribution is -2.27. The normalized spacial score (nSPS) is 10.6. The van der Waals surface area contributed by atoms with Gasteiger partial charge in [-0.3, -0.25) is 9.59 Å². The van der Waals surface area contributed by atoms with E-state index in [1.165, 1.54) is 11.3 Å². The van der Waals surface area contributed by atoms with E-state index < -0.39 is 0 Å². The number of aryl methyl sites for hydroxylation is 2. The molecule has 0 radical (unpaired) electrons. The number of H-pyrrole nitrogens is 1. The third-order valence-corrected chi connectivity index (χ3v) is 3.77. The highest BCUT2D eigenvalue weighted by Gasteiger charge is 2.11. The SMILES string of the molecule is Cc1csc(CNC(=O)Cc2nc(C)[nH]c(=O)c2C)n1. The number of carbonyl (C=O) groups excluding carboxylic acids is 1. The predicted molar refractivity (Wildman–Crippen MR) is 76.7 cm³/mol. The topological polar surface area (TPSA) is 87.7 Å². The fourth-order valence-electron chi connectivity index (χ4n) is 1.75. The van der Waals surface area contributed by atoms with Gasteiger partial charge in [0.05, 0.1) is 18.7 Å². The molecule has 0 saturated carbocycles. The van der Waals surface area contributed by atoms with Crippen LogP contribution in [0.3, 0.4) is 0 Å². The second-order valence-electron chi connectivity index (χ2n) is 4.56. The van der Waals surface area contributed by atoms with Gasteiger partial charge in [0.1, 0.15) is 10.8 Å². The van der Waals surface area contributed by atoms with Crippen molar-refractivity contribution in [3.63, 3.8) is 0 Å². The van der Waals surface area contributed by atoms with Crippen LogP contribution >= 0.6 is 11.3 Å². The maximum Gasteiger partial charge on any atom is 0.254 e. The molecular weight excluding hydrogens is 276 g/mol. The van der Waals surface area contributed by atoms with E-state index in [1.807, 2.05) is 12.3 Å². The molecule has 7 heteroatoms. The molecule has 0 aromatic carbocycles. The van der Waals surface area contributed by atoms with E-state index in [0.717, 1.165) is 10.7 Å². The Morgan fingerprint density at radius 1 is 1.35 bits per heavy atom. The Hall–Kier alpha value is -2.02. The van der Waals surface area contributed by atoms with Gasteiger partial charge in [-0.25, -0.2) is 9.97 Å². The summed E-state index contributed by atoms with van der Waals surface area (Å²) in [6.07, 6.45) is 0.0982. The van der Waals surface area contributed by atoms with Crippen LogP contribution in [0, 0.1) is 20.8 Å². The Balaban J connectivity index is 2.00. The molecule has 2 aromatic heterocycles. The molecule has 0 bridgehead atoms. The predicted octanol–water partition coefficient (Wildman–Crippen LogP) is 1.01. The first-order valence-electron chi connectivity index (χ1n) is 6.20. The molecule has 20 heavy (non-hydrogen) atoms. The molecule has 0 aliphatic rings. The smallest absolute Gasteiger partial charge is 0.254 e. The van der Waals surface area contributed by atoms with E-state index in [0.29, 0.717) is 23.6 Å². The number of aromatic amines is 1. The van der Waals surface area contributed by atoms with Crippen molar-refractivity contribution < 1.29 is 4.79 Å². The number of hydrogen-bond donors (Lipinski definition) is 2. The van der Waals surface area contributed by atoms with Crippen LogP contribution in [0.2, 0.25) is 0 Å². The van der Waals surface area contributed by atoms with Gasteiger partial charge < -0.3 is 10.3 Å². The second-order valence-corrected chi connectivity index (χ2v) is 5.50. The highest BCUT2D eigenvalue weighted by Crippen LogP contribution is 2.08. The standard InChI is InChI=1S/C13H16N4O2S/c1-7-6-20-12(15-7)5-14-11(18)4-10-8(2)13(19)17-9(3)16-10/h6H,4-5H2,1-3H3,(H,14,18)(H,16,17,19). The molecule has 106 valence electrons. The number of nitrogens with zero attached hydrogens (tertiary/aromatic N) is 2. The lowest BCUT2D eigenvalue weighted by molar-refractivity contribution is -0.120. The summed E-state index contributed by atoms with van der Waals surface area (Å²) in [5, 5.41) is 5.58. The quantitative estimate of drug-likeness (QED) is 0.880. The van der Waals surface area contributed by atoms with Crippen LogP contribution in [0.15, 0.2) is 10.2 Å². The highest BCUT2D eigenvalue weighted by molar-refractivity contribution is 7.09. The third kappa shape index (κ3) is 3.51. The lowest BCUT2D eigenvalue weighted by Gasteiger charge is -2.06. The van der Waals surface area contributed by atoms with Crippen LogP contribution in [0.1, 0.15) is 27.8 Å². The number of nitrogens with one attached hydrogen (secondary N) is 2. The molecule has 0 aliphatic carbocycles. The Bertz CT molecular complexity index is 690. The summed E-state index contributed by atoms with van der Waals surface area (Å²) in [4.78, 5) is 34.5. The van der Waals surface area contributed by atoms with Crippen molar-refractivity contribution in [2.75, 3.05) is 0 Å². The molecule has 2 aromatic rings. The Kier molecular flexibility index (Phi) is 4.29. The Morgan fingerprint density at radius 3 is 2.75 bits per heavy atom. The Labute approximate surface area is 120 Å². The van der Waals surface area contributed by atoms with Crippen molar-refractivity contribution in [2.45, 2.75) is 33.7 Å². The number of rotatable bonds is 4. The first kappa shape index (κ1) is 14.4. The van der Waals surface area contributed by atoms with Crippen LogP contribution in [-0.2, 0) is 17.8 Å². The second kappa shape index (κ2) is 5.96. The minimum Gasteiger partial charge on any atom is -0.349 e. The van der Waals surface area contributed by atoms with Crippen LogP contribution < -0.4 is 10.9 Å². The van der Waals surface area contributed by atoms with Gasteiger partial charge in [-0.15, -0.1) is 11.3 Å². The monoisotopic (exact) mass is 292 g/mol. The van der Waals surface area contributed by atoms with E-state index in [2.05, 4.69) is 20.3 Å². The fraction of sp³-hybridized carbons (Fsp3) is 0.385. The number of aromatic nitrogens is 3. The molecule has 1 amide bonds. The van der Waals surface area contributed by atoms with Gasteiger partial charge >= 0.3 is 0 Å². The summed E-state index contributed by atoms with van der Waals surface area (Å²) in [5.74, 6) is 0.345. The van der Waals surface area contributed by atoms with Crippen molar-refractivity contribution in [3.05, 3.63) is 43.5 Å². The van der Waals surface area contributed by atoms with E-state index in [4.69, 9.17) is 0 Å². The van der Waals surface area contributed by atoms with Gasteiger partial charge in [0.15, 0.2) is 0 Å². The summed E-state index contributed by atoms with van der Waals surface area (Å²) in [7, 11) is 0. The van der Waals surface area contributed by atoms with Gasteiger partial charge in [-0.05, 0) is 20.8 Å².